The molecule has 1 unspecified atom stereocenters. The summed E-state index contributed by atoms with van der Waals surface area (Å²) in [6.45, 7) is 8.54. The Morgan fingerprint density at radius 3 is 2.74 bits per heavy atom. The van der Waals surface area contributed by atoms with Gasteiger partial charge < -0.3 is 10.1 Å². The van der Waals surface area contributed by atoms with Crippen molar-refractivity contribution in [1.29, 1.82) is 0 Å². The van der Waals surface area contributed by atoms with Crippen molar-refractivity contribution in [3.63, 3.8) is 0 Å². The van der Waals surface area contributed by atoms with E-state index in [2.05, 4.69) is 50.4 Å². The molecule has 2 nitrogen and oxygen atoms in total. The van der Waals surface area contributed by atoms with Crippen LogP contribution in [0.25, 0.3) is 0 Å². The van der Waals surface area contributed by atoms with Gasteiger partial charge in [-0.15, -0.1) is 0 Å². The van der Waals surface area contributed by atoms with Gasteiger partial charge in [0.2, 0.25) is 0 Å². The molecule has 0 aromatic heterocycles. The summed E-state index contributed by atoms with van der Waals surface area (Å²) < 4.78 is 5.99. The van der Waals surface area contributed by atoms with Gasteiger partial charge in [0.15, 0.2) is 0 Å². The maximum Gasteiger partial charge on any atom is 0.119 e. The summed E-state index contributed by atoms with van der Waals surface area (Å²) in [5, 5.41) is 3.61. The van der Waals surface area contributed by atoms with Crippen LogP contribution >= 0.6 is 0 Å². The molecule has 1 aromatic rings. The van der Waals surface area contributed by atoms with Crippen LogP contribution < -0.4 is 10.1 Å². The highest BCUT2D eigenvalue weighted by atomic mass is 16.5. The van der Waals surface area contributed by atoms with Gasteiger partial charge in [0, 0.05) is 6.04 Å². The lowest BCUT2D eigenvalue weighted by Crippen LogP contribution is -2.37. The molecule has 0 spiro atoms. The van der Waals surface area contributed by atoms with Crippen molar-refractivity contribution in [2.45, 2.75) is 52.0 Å². The van der Waals surface area contributed by atoms with Crippen LogP contribution in [0.1, 0.15) is 51.5 Å². The minimum atomic E-state index is 0.530. The van der Waals surface area contributed by atoms with E-state index in [0.717, 1.165) is 24.8 Å². The summed E-state index contributed by atoms with van der Waals surface area (Å²) >= 11 is 0. The molecule has 1 aliphatic carbocycles. The van der Waals surface area contributed by atoms with Crippen LogP contribution in [0, 0.1) is 5.92 Å². The molecule has 0 radical (unpaired) electrons. The molecule has 1 saturated carbocycles. The summed E-state index contributed by atoms with van der Waals surface area (Å²) in [5.41, 5.74) is 1.35. The van der Waals surface area contributed by atoms with Crippen molar-refractivity contribution in [3.05, 3.63) is 29.8 Å². The van der Waals surface area contributed by atoms with Gasteiger partial charge in [0.1, 0.15) is 12.4 Å². The van der Waals surface area contributed by atoms with E-state index in [1.165, 1.54) is 24.8 Å². The zero-order chi connectivity index (χ0) is 13.7. The Balaban J connectivity index is 1.87. The number of rotatable bonds is 8. The second kappa shape index (κ2) is 6.95. The minimum absolute atomic E-state index is 0.530. The molecule has 1 N–H and O–H groups in total. The molecule has 1 fully saturated rings. The molecule has 0 aliphatic heterocycles. The van der Waals surface area contributed by atoms with E-state index in [1.54, 1.807) is 0 Å². The van der Waals surface area contributed by atoms with E-state index < -0.39 is 0 Å². The van der Waals surface area contributed by atoms with Crippen molar-refractivity contribution in [2.24, 2.45) is 5.92 Å². The van der Waals surface area contributed by atoms with E-state index >= 15 is 0 Å². The monoisotopic (exact) mass is 261 g/mol. The van der Waals surface area contributed by atoms with Crippen LogP contribution in [-0.4, -0.2) is 19.2 Å². The summed E-state index contributed by atoms with van der Waals surface area (Å²) in [7, 11) is 0. The lowest BCUT2D eigenvalue weighted by molar-refractivity contribution is 0.249. The molecule has 1 atom stereocenters. The number of nitrogens with one attached hydrogen (secondary N) is 1. The first-order valence-electron chi connectivity index (χ1n) is 7.66. The zero-order valence-corrected chi connectivity index (χ0v) is 12.5. The SMILES string of the molecule is CCCNC(COc1cccc(C(C)C)c1)C1CC1. The molecule has 19 heavy (non-hydrogen) atoms. The van der Waals surface area contributed by atoms with Crippen LogP contribution in [0.3, 0.4) is 0 Å². The molecule has 1 aliphatic rings. The highest BCUT2D eigenvalue weighted by Crippen LogP contribution is 2.33. The van der Waals surface area contributed by atoms with Crippen LogP contribution in [0.4, 0.5) is 0 Å². The van der Waals surface area contributed by atoms with Crippen molar-refractivity contribution in [2.75, 3.05) is 13.2 Å². The van der Waals surface area contributed by atoms with Crippen LogP contribution in [0.2, 0.25) is 0 Å². The minimum Gasteiger partial charge on any atom is -0.492 e. The molecule has 2 heteroatoms. The Hall–Kier alpha value is -1.02. The predicted octanol–water partition coefficient (Wildman–Crippen LogP) is 3.97. The highest BCUT2D eigenvalue weighted by Gasteiger charge is 2.31. The fourth-order valence-electron chi connectivity index (χ4n) is 2.34. The van der Waals surface area contributed by atoms with Crippen LogP contribution in [-0.2, 0) is 0 Å². The molecule has 0 amide bonds. The summed E-state index contributed by atoms with van der Waals surface area (Å²) in [6.07, 6.45) is 3.90. The van der Waals surface area contributed by atoms with Gasteiger partial charge in [-0.1, -0.05) is 32.9 Å². The molecule has 0 saturated heterocycles. The van der Waals surface area contributed by atoms with Crippen molar-refractivity contribution >= 4 is 0 Å². The Morgan fingerprint density at radius 2 is 2.11 bits per heavy atom. The predicted molar refractivity (Wildman–Crippen MR) is 80.8 cm³/mol. The van der Waals surface area contributed by atoms with E-state index in [4.69, 9.17) is 4.74 Å². The summed E-state index contributed by atoms with van der Waals surface area (Å²) in [6, 6.07) is 9.04. The zero-order valence-electron chi connectivity index (χ0n) is 12.5. The molecule has 0 bridgehead atoms. The molecule has 0 heterocycles. The van der Waals surface area contributed by atoms with Gasteiger partial charge in [0.25, 0.3) is 0 Å². The standard InChI is InChI=1S/C17H27NO/c1-4-10-18-17(14-8-9-14)12-19-16-7-5-6-15(11-16)13(2)3/h5-7,11,13-14,17-18H,4,8-10,12H2,1-3H3. The van der Waals surface area contributed by atoms with Crippen molar-refractivity contribution in [3.8, 4) is 5.75 Å². The Bertz CT molecular complexity index is 385. The van der Waals surface area contributed by atoms with E-state index in [-0.39, 0.29) is 0 Å². The summed E-state index contributed by atoms with van der Waals surface area (Å²) in [4.78, 5) is 0. The van der Waals surface area contributed by atoms with Gasteiger partial charge in [-0.2, -0.15) is 0 Å². The topological polar surface area (TPSA) is 21.3 Å². The third-order valence-electron chi connectivity index (χ3n) is 3.80. The summed E-state index contributed by atoms with van der Waals surface area (Å²) in [5.74, 6) is 2.40. The smallest absolute Gasteiger partial charge is 0.119 e. The van der Waals surface area contributed by atoms with Gasteiger partial charge >= 0.3 is 0 Å². The molecule has 106 valence electrons. The number of benzene rings is 1. The third kappa shape index (κ3) is 4.54. The Labute approximate surface area is 117 Å². The van der Waals surface area contributed by atoms with Gasteiger partial charge in [-0.25, -0.2) is 0 Å². The highest BCUT2D eigenvalue weighted by molar-refractivity contribution is 5.30. The first-order valence-corrected chi connectivity index (χ1v) is 7.66. The number of hydrogen-bond acceptors (Lipinski definition) is 2. The lowest BCUT2D eigenvalue weighted by atomic mass is 10.0. The quantitative estimate of drug-likeness (QED) is 0.764. The first-order chi connectivity index (χ1) is 9.20. The molecule has 1 aromatic carbocycles. The molecular formula is C17H27NO. The third-order valence-corrected chi connectivity index (χ3v) is 3.80. The average Bonchev–Trinajstić information content (AvgIpc) is 3.23. The first kappa shape index (κ1) is 14.4. The maximum atomic E-state index is 5.99. The second-order valence-electron chi connectivity index (χ2n) is 5.94. The average molecular weight is 261 g/mol. The maximum absolute atomic E-state index is 5.99. The second-order valence-corrected chi connectivity index (χ2v) is 5.94. The van der Waals surface area contributed by atoms with E-state index in [0.29, 0.717) is 12.0 Å². The number of hydrogen-bond donors (Lipinski definition) is 1. The normalized spacial score (nSPS) is 16.6. The van der Waals surface area contributed by atoms with Gasteiger partial charge in [-0.3, -0.25) is 0 Å². The van der Waals surface area contributed by atoms with Crippen molar-refractivity contribution in [1.82, 2.24) is 5.32 Å². The van der Waals surface area contributed by atoms with Crippen molar-refractivity contribution < 1.29 is 4.74 Å². The van der Waals surface area contributed by atoms with Gasteiger partial charge in [0.05, 0.1) is 0 Å². The largest absolute Gasteiger partial charge is 0.492 e. The fourth-order valence-corrected chi connectivity index (χ4v) is 2.34. The van der Waals surface area contributed by atoms with Crippen LogP contribution in [0.15, 0.2) is 24.3 Å². The fraction of sp³-hybridized carbons (Fsp3) is 0.647. The number of ether oxygens (including phenoxy) is 1. The van der Waals surface area contributed by atoms with E-state index in [9.17, 15) is 0 Å². The lowest BCUT2D eigenvalue weighted by Gasteiger charge is -2.19. The Morgan fingerprint density at radius 1 is 1.32 bits per heavy atom. The van der Waals surface area contributed by atoms with E-state index in [1.807, 2.05) is 0 Å². The molecular weight excluding hydrogens is 234 g/mol. The van der Waals surface area contributed by atoms with Crippen LogP contribution in [0.5, 0.6) is 5.75 Å². The Kier molecular flexibility index (Phi) is 5.26. The molecule has 2 rings (SSSR count). The van der Waals surface area contributed by atoms with Gasteiger partial charge in [-0.05, 0) is 55.3 Å².